The number of hydroxylamine groups is 1. The lowest BCUT2D eigenvalue weighted by Gasteiger charge is -2.28. The summed E-state index contributed by atoms with van der Waals surface area (Å²) >= 11 is 0. The third-order valence-electron chi connectivity index (χ3n) is 4.62. The lowest BCUT2D eigenvalue weighted by molar-refractivity contribution is -0.134. The lowest BCUT2D eigenvalue weighted by atomic mass is 9.82. The van der Waals surface area contributed by atoms with Gasteiger partial charge in [-0.3, -0.25) is 14.8 Å². The van der Waals surface area contributed by atoms with E-state index in [1.165, 1.54) is 0 Å². The molecule has 24 heavy (non-hydrogen) atoms. The van der Waals surface area contributed by atoms with Gasteiger partial charge in [-0.05, 0) is 44.9 Å². The number of rotatable bonds is 10. The third-order valence-corrected chi connectivity index (χ3v) is 4.62. The minimum Gasteiger partial charge on any atom is -0.356 e. The molecule has 0 aromatic rings. The predicted molar refractivity (Wildman–Crippen MR) is 89.2 cm³/mol. The van der Waals surface area contributed by atoms with Crippen LogP contribution in [0.2, 0.25) is 0 Å². The Morgan fingerprint density at radius 2 is 1.88 bits per heavy atom. The smallest absolute Gasteiger partial charge is 0.246 e. The van der Waals surface area contributed by atoms with Gasteiger partial charge in [0.1, 0.15) is 6.79 Å². The first-order chi connectivity index (χ1) is 11.5. The molecule has 0 unspecified atom stereocenters. The van der Waals surface area contributed by atoms with E-state index in [9.17, 15) is 9.59 Å². The summed E-state index contributed by atoms with van der Waals surface area (Å²) in [6.45, 7) is 6.78. The summed E-state index contributed by atoms with van der Waals surface area (Å²) in [5.41, 5.74) is 1.65. The summed E-state index contributed by atoms with van der Waals surface area (Å²) in [6, 6.07) is -0.287. The molecule has 1 aliphatic rings. The van der Waals surface area contributed by atoms with Crippen molar-refractivity contribution in [3.05, 3.63) is 0 Å². The molecule has 3 N–H and O–H groups in total. The van der Waals surface area contributed by atoms with E-state index in [1.807, 2.05) is 6.92 Å². The van der Waals surface area contributed by atoms with E-state index in [0.717, 1.165) is 25.7 Å². The van der Waals surface area contributed by atoms with Gasteiger partial charge in [-0.1, -0.05) is 13.8 Å². The molecule has 140 valence electrons. The molecule has 1 rings (SSSR count). The fourth-order valence-electron chi connectivity index (χ4n) is 2.99. The van der Waals surface area contributed by atoms with Crippen LogP contribution >= 0.6 is 0 Å². The molecule has 2 atom stereocenters. The zero-order valence-electron chi connectivity index (χ0n) is 15.0. The maximum Gasteiger partial charge on any atom is 0.246 e. The first-order valence-electron chi connectivity index (χ1n) is 8.87. The van der Waals surface area contributed by atoms with Gasteiger partial charge in [0.05, 0.1) is 12.6 Å². The van der Waals surface area contributed by atoms with Crippen molar-refractivity contribution in [2.24, 2.45) is 17.8 Å². The van der Waals surface area contributed by atoms with E-state index in [1.54, 1.807) is 12.4 Å². The topological polar surface area (TPSA) is 96.9 Å². The molecule has 0 saturated heterocycles. The van der Waals surface area contributed by atoms with Gasteiger partial charge in [0.15, 0.2) is 0 Å². The Morgan fingerprint density at radius 1 is 1.21 bits per heavy atom. The molecule has 0 heterocycles. The summed E-state index contributed by atoms with van der Waals surface area (Å²) in [7, 11) is 0. The van der Waals surface area contributed by atoms with Crippen LogP contribution < -0.4 is 10.8 Å². The molecule has 2 amide bonds. The van der Waals surface area contributed by atoms with E-state index in [-0.39, 0.29) is 31.3 Å². The average Bonchev–Trinajstić information content (AvgIpc) is 2.58. The van der Waals surface area contributed by atoms with Crippen molar-refractivity contribution in [3.63, 3.8) is 0 Å². The predicted octanol–water partition coefficient (Wildman–Crippen LogP) is 1.84. The van der Waals surface area contributed by atoms with Gasteiger partial charge in [-0.2, -0.15) is 0 Å². The van der Waals surface area contributed by atoms with Gasteiger partial charge >= 0.3 is 0 Å². The molecule has 0 bridgehead atoms. The average molecular weight is 344 g/mol. The molecule has 0 spiro atoms. The Labute approximate surface area is 144 Å². The highest BCUT2D eigenvalue weighted by molar-refractivity contribution is 5.79. The first kappa shape index (κ1) is 20.9. The van der Waals surface area contributed by atoms with Crippen molar-refractivity contribution < 1.29 is 24.3 Å². The van der Waals surface area contributed by atoms with Crippen LogP contribution in [-0.2, 0) is 19.1 Å². The number of ether oxygens (including phenoxy) is 2. The quantitative estimate of drug-likeness (QED) is 0.243. The summed E-state index contributed by atoms with van der Waals surface area (Å²) < 4.78 is 10.6. The normalized spacial score (nSPS) is 23.3. The van der Waals surface area contributed by atoms with E-state index in [0.29, 0.717) is 18.9 Å². The largest absolute Gasteiger partial charge is 0.356 e. The fourth-order valence-corrected chi connectivity index (χ4v) is 2.99. The molecule has 1 fully saturated rings. The number of hydrogen-bond acceptors (Lipinski definition) is 5. The first-order valence-corrected chi connectivity index (χ1v) is 8.87. The van der Waals surface area contributed by atoms with Crippen molar-refractivity contribution >= 4 is 11.8 Å². The highest BCUT2D eigenvalue weighted by Crippen LogP contribution is 2.28. The van der Waals surface area contributed by atoms with E-state index in [4.69, 9.17) is 14.7 Å². The maximum absolute atomic E-state index is 12.5. The minimum absolute atomic E-state index is 0.0310. The molecule has 1 saturated carbocycles. The molecule has 7 nitrogen and oxygen atoms in total. The molecule has 0 aliphatic heterocycles. The summed E-state index contributed by atoms with van der Waals surface area (Å²) in [6.07, 6.45) is 4.37. The molecular formula is C17H32N2O5. The number of hydrogen-bond donors (Lipinski definition) is 3. The van der Waals surface area contributed by atoms with Crippen molar-refractivity contribution in [1.82, 2.24) is 10.8 Å². The number of carbonyl (C=O) groups excluding carboxylic acids is 2. The molecule has 0 aromatic heterocycles. The SMILES string of the molecule is CCOCOC[C@H](C[C@H](C)C(=O)NO)NC(=O)[C@H]1CC[C@H](C)CC1. The van der Waals surface area contributed by atoms with E-state index < -0.39 is 11.8 Å². The minimum atomic E-state index is -0.467. The van der Waals surface area contributed by atoms with E-state index in [2.05, 4.69) is 12.2 Å². The fraction of sp³-hybridized carbons (Fsp3) is 0.882. The lowest BCUT2D eigenvalue weighted by Crippen LogP contribution is -2.44. The third kappa shape index (κ3) is 7.59. The summed E-state index contributed by atoms with van der Waals surface area (Å²) in [5.74, 6) is -0.137. The maximum atomic E-state index is 12.5. The van der Waals surface area contributed by atoms with Crippen LogP contribution in [0.5, 0.6) is 0 Å². The Kier molecular flexibility index (Phi) is 9.90. The van der Waals surface area contributed by atoms with Crippen LogP contribution in [0.1, 0.15) is 52.9 Å². The second-order valence-corrected chi connectivity index (χ2v) is 6.76. The van der Waals surface area contributed by atoms with Gasteiger partial charge in [-0.25, -0.2) is 5.48 Å². The van der Waals surface area contributed by atoms with Crippen molar-refractivity contribution in [2.45, 2.75) is 58.9 Å². The van der Waals surface area contributed by atoms with E-state index >= 15 is 0 Å². The molecule has 1 aliphatic carbocycles. The Balaban J connectivity index is 2.52. The zero-order valence-corrected chi connectivity index (χ0v) is 15.0. The van der Waals surface area contributed by atoms with Crippen molar-refractivity contribution in [2.75, 3.05) is 20.0 Å². The summed E-state index contributed by atoms with van der Waals surface area (Å²) in [5, 5.41) is 11.7. The second kappa shape index (κ2) is 11.4. The molecular weight excluding hydrogens is 312 g/mol. The Bertz CT molecular complexity index is 383. The molecule has 0 aromatic carbocycles. The van der Waals surface area contributed by atoms with Gasteiger partial charge in [0, 0.05) is 18.4 Å². The highest BCUT2D eigenvalue weighted by Gasteiger charge is 2.27. The standard InChI is InChI=1S/C17H32N2O5/c1-4-23-11-24-10-15(9-13(3)16(20)19-22)18-17(21)14-7-5-12(2)6-8-14/h12-15,22H,4-11H2,1-3H3,(H,18,21)(H,19,20)/t12-,13-,14-,15-/m0/s1. The van der Waals surface area contributed by atoms with Crippen LogP contribution in [0, 0.1) is 17.8 Å². The second-order valence-electron chi connectivity index (χ2n) is 6.76. The Hall–Kier alpha value is -1.18. The van der Waals surface area contributed by atoms with Gasteiger partial charge in [0.2, 0.25) is 11.8 Å². The van der Waals surface area contributed by atoms with Crippen molar-refractivity contribution in [1.29, 1.82) is 0 Å². The Morgan fingerprint density at radius 3 is 2.46 bits per heavy atom. The van der Waals surface area contributed by atoms with Gasteiger partial charge in [-0.15, -0.1) is 0 Å². The summed E-state index contributed by atoms with van der Waals surface area (Å²) in [4.78, 5) is 24.0. The van der Waals surface area contributed by atoms with Crippen LogP contribution in [-0.4, -0.2) is 43.1 Å². The zero-order chi connectivity index (χ0) is 17.9. The van der Waals surface area contributed by atoms with Crippen LogP contribution in [0.4, 0.5) is 0 Å². The van der Waals surface area contributed by atoms with Crippen LogP contribution in [0.25, 0.3) is 0 Å². The molecule has 0 radical (unpaired) electrons. The number of carbonyl (C=O) groups is 2. The molecule has 7 heteroatoms. The van der Waals surface area contributed by atoms with Gasteiger partial charge in [0.25, 0.3) is 0 Å². The monoisotopic (exact) mass is 344 g/mol. The van der Waals surface area contributed by atoms with Crippen molar-refractivity contribution in [3.8, 4) is 0 Å². The van der Waals surface area contributed by atoms with Crippen LogP contribution in [0.3, 0.4) is 0 Å². The highest BCUT2D eigenvalue weighted by atomic mass is 16.7. The van der Waals surface area contributed by atoms with Crippen LogP contribution in [0.15, 0.2) is 0 Å². The number of amides is 2. The number of nitrogens with one attached hydrogen (secondary N) is 2. The van der Waals surface area contributed by atoms with Gasteiger partial charge < -0.3 is 14.8 Å².